The maximum atomic E-state index is 13.6. The molecule has 2 aromatic rings. The number of hydrogen-bond donors (Lipinski definition) is 2. The summed E-state index contributed by atoms with van der Waals surface area (Å²) in [4.78, 5) is 10.3. The van der Waals surface area contributed by atoms with E-state index in [9.17, 15) is 17.6 Å². The zero-order chi connectivity index (χ0) is 15.6. The first-order chi connectivity index (χ1) is 9.78. The van der Waals surface area contributed by atoms with Gasteiger partial charge in [-0.15, -0.1) is 0 Å². The molecule has 0 saturated heterocycles. The van der Waals surface area contributed by atoms with Crippen molar-refractivity contribution in [2.24, 2.45) is 0 Å². The lowest BCUT2D eigenvalue weighted by atomic mass is 10.2. The van der Waals surface area contributed by atoms with Gasteiger partial charge in [-0.3, -0.25) is 14.2 Å². The van der Waals surface area contributed by atoms with Crippen LogP contribution in [0.3, 0.4) is 0 Å². The lowest BCUT2D eigenvalue weighted by Gasteiger charge is -2.07. The number of hydrogen-bond acceptors (Lipinski definition) is 4. The Balaban J connectivity index is 2.25. The second kappa shape index (κ2) is 5.52. The van der Waals surface area contributed by atoms with Crippen LogP contribution in [0.1, 0.15) is 5.56 Å². The normalized spacial score (nSPS) is 11.3. The van der Waals surface area contributed by atoms with Crippen LogP contribution >= 0.6 is 0 Å². The number of sulfonamides is 1. The standard InChI is InChI=1S/C12H12FN3O4S/c1-8-2-3-11(10(13)4-8)15-21(19,20)9-5-14-16(6-9)7-12(17)18/h2-6,15H,7H2,1H3,(H,17,18). The number of rotatable bonds is 5. The minimum absolute atomic E-state index is 0.188. The van der Waals surface area contributed by atoms with Gasteiger partial charge in [0.15, 0.2) is 0 Å². The summed E-state index contributed by atoms with van der Waals surface area (Å²) in [5, 5.41) is 12.2. The van der Waals surface area contributed by atoms with E-state index in [1.165, 1.54) is 12.1 Å². The molecule has 9 heteroatoms. The maximum absolute atomic E-state index is 13.6. The first-order valence-electron chi connectivity index (χ1n) is 5.81. The van der Waals surface area contributed by atoms with Gasteiger partial charge in [-0.25, -0.2) is 12.8 Å². The summed E-state index contributed by atoms with van der Waals surface area (Å²) < 4.78 is 40.8. The number of anilines is 1. The van der Waals surface area contributed by atoms with Crippen molar-refractivity contribution in [1.29, 1.82) is 0 Å². The van der Waals surface area contributed by atoms with Gasteiger partial charge in [-0.05, 0) is 24.6 Å². The highest BCUT2D eigenvalue weighted by atomic mass is 32.2. The van der Waals surface area contributed by atoms with Gasteiger partial charge in [0.1, 0.15) is 17.3 Å². The molecule has 0 unspecified atom stereocenters. The second-order valence-corrected chi connectivity index (χ2v) is 6.04. The quantitative estimate of drug-likeness (QED) is 0.864. The molecule has 1 aromatic heterocycles. The molecule has 0 spiro atoms. The van der Waals surface area contributed by atoms with Crippen molar-refractivity contribution >= 4 is 21.7 Å². The number of benzene rings is 1. The fraction of sp³-hybridized carbons (Fsp3) is 0.167. The number of carboxylic acid groups (broad SMARTS) is 1. The Morgan fingerprint density at radius 2 is 2.19 bits per heavy atom. The fourth-order valence-electron chi connectivity index (χ4n) is 1.62. The average Bonchev–Trinajstić information content (AvgIpc) is 2.81. The smallest absolute Gasteiger partial charge is 0.325 e. The van der Waals surface area contributed by atoms with E-state index < -0.39 is 28.4 Å². The average molecular weight is 313 g/mol. The molecule has 1 heterocycles. The van der Waals surface area contributed by atoms with Gasteiger partial charge in [0, 0.05) is 6.20 Å². The van der Waals surface area contributed by atoms with E-state index in [1.54, 1.807) is 13.0 Å². The largest absolute Gasteiger partial charge is 0.480 e. The fourth-order valence-corrected chi connectivity index (χ4v) is 2.63. The summed E-state index contributed by atoms with van der Waals surface area (Å²) in [5.41, 5.74) is 0.469. The van der Waals surface area contributed by atoms with Gasteiger partial charge in [-0.1, -0.05) is 6.07 Å². The van der Waals surface area contributed by atoms with Crippen LogP contribution in [0.4, 0.5) is 10.1 Å². The van der Waals surface area contributed by atoms with E-state index in [4.69, 9.17) is 5.11 Å². The Morgan fingerprint density at radius 1 is 1.48 bits per heavy atom. The predicted molar refractivity (Wildman–Crippen MR) is 71.8 cm³/mol. The van der Waals surface area contributed by atoms with E-state index in [-0.39, 0.29) is 10.6 Å². The van der Waals surface area contributed by atoms with Crippen LogP contribution in [0.15, 0.2) is 35.5 Å². The number of nitrogens with zero attached hydrogens (tertiary/aromatic N) is 2. The Hall–Kier alpha value is -2.42. The second-order valence-electron chi connectivity index (χ2n) is 4.36. The van der Waals surface area contributed by atoms with Crippen LogP contribution in [0.2, 0.25) is 0 Å². The molecule has 2 rings (SSSR count). The number of nitrogens with one attached hydrogen (secondary N) is 1. The van der Waals surface area contributed by atoms with Crippen molar-refractivity contribution in [1.82, 2.24) is 9.78 Å². The van der Waals surface area contributed by atoms with Crippen molar-refractivity contribution in [2.75, 3.05) is 4.72 Å². The summed E-state index contributed by atoms with van der Waals surface area (Å²) in [7, 11) is -4.03. The zero-order valence-corrected chi connectivity index (χ0v) is 11.8. The number of aromatic nitrogens is 2. The van der Waals surface area contributed by atoms with E-state index >= 15 is 0 Å². The lowest BCUT2D eigenvalue weighted by molar-refractivity contribution is -0.137. The van der Waals surface area contributed by atoms with Crippen LogP contribution in [0.25, 0.3) is 0 Å². The van der Waals surface area contributed by atoms with E-state index in [2.05, 4.69) is 9.82 Å². The molecular weight excluding hydrogens is 301 g/mol. The molecule has 0 aliphatic rings. The molecular formula is C12H12FN3O4S. The summed E-state index contributed by atoms with van der Waals surface area (Å²) in [6.07, 6.45) is 2.06. The number of aliphatic carboxylic acids is 1. The van der Waals surface area contributed by atoms with Gasteiger partial charge >= 0.3 is 5.97 Å². The Kier molecular flexibility index (Phi) is 3.94. The molecule has 0 aliphatic carbocycles. The minimum Gasteiger partial charge on any atom is -0.480 e. The number of aryl methyl sites for hydroxylation is 1. The highest BCUT2D eigenvalue weighted by molar-refractivity contribution is 7.92. The Bertz CT molecular complexity index is 786. The van der Waals surface area contributed by atoms with E-state index in [0.717, 1.165) is 17.1 Å². The third kappa shape index (κ3) is 3.57. The highest BCUT2D eigenvalue weighted by Gasteiger charge is 2.19. The van der Waals surface area contributed by atoms with Crippen molar-refractivity contribution in [2.45, 2.75) is 18.4 Å². The molecule has 0 amide bonds. The maximum Gasteiger partial charge on any atom is 0.325 e. The number of carboxylic acids is 1. The summed E-state index contributed by atoms with van der Waals surface area (Å²) in [6.45, 7) is 1.21. The zero-order valence-electron chi connectivity index (χ0n) is 10.9. The van der Waals surface area contributed by atoms with Crippen LogP contribution in [0, 0.1) is 12.7 Å². The SMILES string of the molecule is Cc1ccc(NS(=O)(=O)c2cnn(CC(=O)O)c2)c(F)c1. The Morgan fingerprint density at radius 3 is 2.81 bits per heavy atom. The highest BCUT2D eigenvalue weighted by Crippen LogP contribution is 2.19. The topological polar surface area (TPSA) is 101 Å². The third-order valence-corrected chi connectivity index (χ3v) is 3.91. The molecule has 0 saturated carbocycles. The van der Waals surface area contributed by atoms with E-state index in [1.807, 2.05) is 0 Å². The predicted octanol–water partition coefficient (Wildman–Crippen LogP) is 1.22. The Labute approximate surface area is 120 Å². The first-order valence-corrected chi connectivity index (χ1v) is 7.29. The first kappa shape index (κ1) is 15.0. The summed E-state index contributed by atoms with van der Waals surface area (Å²) in [6, 6.07) is 4.07. The van der Waals surface area contributed by atoms with Crippen molar-refractivity contribution < 1.29 is 22.7 Å². The molecule has 112 valence electrons. The van der Waals surface area contributed by atoms with Gasteiger partial charge in [0.05, 0.1) is 11.9 Å². The molecule has 21 heavy (non-hydrogen) atoms. The van der Waals surface area contributed by atoms with Crippen LogP contribution in [-0.4, -0.2) is 29.3 Å². The van der Waals surface area contributed by atoms with Crippen molar-refractivity contribution in [3.63, 3.8) is 0 Å². The number of carbonyl (C=O) groups is 1. The van der Waals surface area contributed by atoms with Gasteiger partial charge in [-0.2, -0.15) is 5.10 Å². The molecule has 0 radical (unpaired) electrons. The van der Waals surface area contributed by atoms with Crippen molar-refractivity contribution in [3.05, 3.63) is 42.0 Å². The molecule has 7 nitrogen and oxygen atoms in total. The van der Waals surface area contributed by atoms with Crippen LogP contribution < -0.4 is 4.72 Å². The molecule has 0 fully saturated rings. The monoisotopic (exact) mass is 313 g/mol. The van der Waals surface area contributed by atoms with Crippen molar-refractivity contribution in [3.8, 4) is 0 Å². The van der Waals surface area contributed by atoms with E-state index in [0.29, 0.717) is 5.56 Å². The third-order valence-electron chi connectivity index (χ3n) is 2.59. The molecule has 2 N–H and O–H groups in total. The van der Waals surface area contributed by atoms with Gasteiger partial charge in [0.2, 0.25) is 0 Å². The summed E-state index contributed by atoms with van der Waals surface area (Å²) in [5.74, 6) is -1.85. The molecule has 0 bridgehead atoms. The number of halogens is 1. The molecule has 1 aromatic carbocycles. The lowest BCUT2D eigenvalue weighted by Crippen LogP contribution is -2.14. The molecule has 0 atom stereocenters. The molecule has 0 aliphatic heterocycles. The van der Waals surface area contributed by atoms with Gasteiger partial charge in [0.25, 0.3) is 10.0 Å². The van der Waals surface area contributed by atoms with Crippen LogP contribution in [-0.2, 0) is 21.4 Å². The van der Waals surface area contributed by atoms with Crippen LogP contribution in [0.5, 0.6) is 0 Å². The summed E-state index contributed by atoms with van der Waals surface area (Å²) >= 11 is 0. The van der Waals surface area contributed by atoms with Gasteiger partial charge < -0.3 is 5.11 Å². The minimum atomic E-state index is -4.03.